The third kappa shape index (κ3) is 18.6. The number of hydrogen-bond donors (Lipinski definition) is 0. The minimum atomic E-state index is -2.44. The van der Waals surface area contributed by atoms with Crippen molar-refractivity contribution in [2.75, 3.05) is 30.1 Å². The molecule has 0 N–H and O–H groups in total. The highest BCUT2D eigenvalue weighted by Gasteiger charge is 2.54. The van der Waals surface area contributed by atoms with Crippen molar-refractivity contribution in [3.8, 4) is 0 Å². The maximum atomic E-state index is 14.7. The Morgan fingerprint density at radius 2 is 1.21 bits per heavy atom. The van der Waals surface area contributed by atoms with E-state index >= 15 is 0 Å². The molecule has 81 heavy (non-hydrogen) atoms. The molecule has 1 aromatic heterocycles. The van der Waals surface area contributed by atoms with Crippen LogP contribution in [0.25, 0.3) is 0 Å². The van der Waals surface area contributed by atoms with Gasteiger partial charge in [-0.3, -0.25) is 4.79 Å². The van der Waals surface area contributed by atoms with E-state index in [1.165, 1.54) is 24.3 Å². The van der Waals surface area contributed by atoms with Gasteiger partial charge < -0.3 is 36.6 Å². The first-order valence-corrected chi connectivity index (χ1v) is 44.6. The minimum Gasteiger partial charge on any atom is -0.472 e. The second-order valence-electron chi connectivity index (χ2n) is 30.9. The second-order valence-corrected chi connectivity index (χ2v) is 51.7. The van der Waals surface area contributed by atoms with E-state index in [1.54, 1.807) is 19.6 Å². The largest absolute Gasteiger partial charge is 0.472 e. The Kier molecular flexibility index (Phi) is 25.9. The van der Waals surface area contributed by atoms with Gasteiger partial charge in [-0.25, -0.2) is 0 Å². The topological polar surface area (TPSA) is 94.8 Å². The number of hydrogen-bond acceptors (Lipinski definition) is 13. The Labute approximate surface area is 517 Å². The minimum absolute atomic E-state index is 0.0113. The highest BCUT2D eigenvalue weighted by atomic mass is 32.2. The van der Waals surface area contributed by atoms with Crippen LogP contribution in [-0.2, 0) is 37.0 Å². The fourth-order valence-corrected chi connectivity index (χ4v) is 22.9. The van der Waals surface area contributed by atoms with E-state index < -0.39 is 49.1 Å². The molecule has 16 heteroatoms. The molecule has 0 unspecified atom stereocenters. The van der Waals surface area contributed by atoms with Crippen molar-refractivity contribution in [1.82, 2.24) is 0 Å². The van der Waals surface area contributed by atoms with Crippen LogP contribution in [0, 0.1) is 42.4 Å². The molecule has 4 aliphatic rings. The van der Waals surface area contributed by atoms with Crippen LogP contribution in [-0.4, -0.2) is 112 Å². The Hall–Kier alpha value is 0.561. The molecule has 1 aromatic rings. The third-order valence-corrected chi connectivity index (χ3v) is 42.0. The molecular formula is C65H122O9S4Si3. The zero-order valence-electron chi connectivity index (χ0n) is 56.3. The lowest BCUT2D eigenvalue weighted by molar-refractivity contribution is -0.338. The van der Waals surface area contributed by atoms with Gasteiger partial charge in [0.15, 0.2) is 30.7 Å². The van der Waals surface area contributed by atoms with Crippen LogP contribution in [0.4, 0.5) is 0 Å². The average molecular weight is 1260 g/mol. The van der Waals surface area contributed by atoms with Crippen LogP contribution in [0.1, 0.15) is 212 Å². The van der Waals surface area contributed by atoms with Crippen LogP contribution in [0.15, 0.2) is 16.9 Å². The van der Waals surface area contributed by atoms with Gasteiger partial charge in [0.1, 0.15) is 12.2 Å². The van der Waals surface area contributed by atoms with Crippen LogP contribution < -0.4 is 0 Å². The fraction of sp³-hybridized carbons (Fsp3) is 0.923. The number of ether oxygens (including phenoxy) is 4. The summed E-state index contributed by atoms with van der Waals surface area (Å²) in [6.07, 6.45) is 13.8. The molecule has 0 saturated carbocycles. The van der Waals surface area contributed by atoms with Crippen molar-refractivity contribution in [2.45, 2.75) is 313 Å². The molecule has 0 aliphatic carbocycles. The number of carbonyl (C=O) groups is 1. The highest BCUT2D eigenvalue weighted by Crippen LogP contribution is 2.56. The summed E-state index contributed by atoms with van der Waals surface area (Å²) in [5.41, 5.74) is 1.87. The number of esters is 1. The summed E-state index contributed by atoms with van der Waals surface area (Å²) < 4.78 is 56.7. The summed E-state index contributed by atoms with van der Waals surface area (Å²) >= 11 is 8.59. The number of furan rings is 1. The van der Waals surface area contributed by atoms with Gasteiger partial charge in [-0.2, -0.15) is 0 Å². The zero-order chi connectivity index (χ0) is 61.0. The number of thioether (sulfide) groups is 4. The quantitative estimate of drug-likeness (QED) is 0.0651. The van der Waals surface area contributed by atoms with Crippen LogP contribution in [0.2, 0.25) is 54.4 Å². The summed E-state index contributed by atoms with van der Waals surface area (Å²) in [5, 5.41) is -0.0851. The average Bonchev–Trinajstić information content (AvgIpc) is 3.80. The lowest BCUT2D eigenvalue weighted by Crippen LogP contribution is -2.56. The first kappa shape index (κ1) is 72.3. The Balaban J connectivity index is 1.45. The van der Waals surface area contributed by atoms with Gasteiger partial charge in [0.25, 0.3) is 0 Å². The summed E-state index contributed by atoms with van der Waals surface area (Å²) in [6.45, 7) is 56.0. The smallest absolute Gasteiger partial charge is 0.309 e. The molecule has 4 fully saturated rings. The van der Waals surface area contributed by atoms with E-state index in [0.717, 1.165) is 80.4 Å². The van der Waals surface area contributed by atoms with Crippen LogP contribution >= 0.6 is 47.0 Å². The van der Waals surface area contributed by atoms with Crippen molar-refractivity contribution < 1.29 is 41.4 Å². The van der Waals surface area contributed by atoms with Gasteiger partial charge in [0, 0.05) is 37.5 Å². The molecule has 5 heterocycles. The van der Waals surface area contributed by atoms with Gasteiger partial charge >= 0.3 is 5.97 Å². The maximum absolute atomic E-state index is 14.7. The molecule has 13 atom stereocenters. The molecular weight excluding hydrogens is 1140 g/mol. The van der Waals surface area contributed by atoms with Crippen molar-refractivity contribution in [3.63, 3.8) is 0 Å². The lowest BCUT2D eigenvalue weighted by atomic mass is 9.79. The van der Waals surface area contributed by atoms with Crippen LogP contribution in [0.5, 0.6) is 0 Å². The predicted molar refractivity (Wildman–Crippen MR) is 359 cm³/mol. The van der Waals surface area contributed by atoms with E-state index in [9.17, 15) is 4.79 Å². The first-order valence-electron chi connectivity index (χ1n) is 31.9. The summed E-state index contributed by atoms with van der Waals surface area (Å²) in [6, 6.07) is 0. The Bertz CT molecular complexity index is 2080. The standard InChI is InChI=1S/C65H122O9S4Si3/c1-44(2)57(69-56(66)40-54(51-43-68-42-48(51)6)73-80(22,23)61(12,13)14)59(67-19)55(74-81(24,25)62(15,16)17)41-65(77-38-27-39-78-65)50(8)53(72-79(20,21)60(9,10)11)30-28-46(4)58-47(5)33-35-64(71-58)34-32-45(3)52(70-64)31-29-49(7)63(18)75-36-26-37-76-63/h42-47,49-50,52-55,57-59H,26-41H2,1-25H3/t45-,46-,47+,49+,50+,52+,53+,54-,55-,57-,58+,59+,64-/m1/s1. The van der Waals surface area contributed by atoms with Crippen molar-refractivity contribution in [2.24, 2.45) is 35.5 Å². The molecule has 5 rings (SSSR count). The molecule has 472 valence electrons. The summed E-state index contributed by atoms with van der Waals surface area (Å²) in [7, 11) is -5.22. The summed E-state index contributed by atoms with van der Waals surface area (Å²) in [5.74, 6) is 5.99. The Morgan fingerprint density at radius 3 is 1.72 bits per heavy atom. The van der Waals surface area contributed by atoms with Gasteiger partial charge in [-0.15, -0.1) is 47.0 Å². The monoisotopic (exact) mass is 1260 g/mol. The molecule has 1 spiro atoms. The van der Waals surface area contributed by atoms with E-state index in [2.05, 4.69) is 204 Å². The summed E-state index contributed by atoms with van der Waals surface area (Å²) in [4.78, 5) is 14.7. The number of methoxy groups -OCH3 is 1. The lowest BCUT2D eigenvalue weighted by Gasteiger charge is -2.52. The SMILES string of the molecule is CO[C@H]([C@H](OC(=O)C[C@@H](O[Si](C)(C)C(C)(C)C)c1cocc1C)C(C)C)[C@@H](CC1([C@@H](C)[C@H](CC[C@@H](C)[C@@H]2O[C@]3(CC[C@@H](C)[C@H](CC[C@H](C)C4(C)SCCCS4)O3)CC[C@@H]2C)O[Si](C)(C)C(C)(C)C)SCCCS1)O[Si](C)(C)C(C)(C)C. The van der Waals surface area contributed by atoms with E-state index in [-0.39, 0.29) is 67.8 Å². The highest BCUT2D eigenvalue weighted by molar-refractivity contribution is 8.19. The van der Waals surface area contributed by atoms with Crippen molar-refractivity contribution in [1.29, 1.82) is 0 Å². The normalized spacial score (nSPS) is 27.5. The second kappa shape index (κ2) is 29.0. The predicted octanol–water partition coefficient (Wildman–Crippen LogP) is 19.7. The van der Waals surface area contributed by atoms with E-state index in [1.807, 2.05) is 6.92 Å². The zero-order valence-corrected chi connectivity index (χ0v) is 62.5. The number of aryl methyl sites for hydroxylation is 1. The first-order chi connectivity index (χ1) is 37.2. The molecule has 0 amide bonds. The molecule has 4 saturated heterocycles. The molecule has 0 aromatic carbocycles. The molecule has 9 nitrogen and oxygen atoms in total. The molecule has 4 aliphatic heterocycles. The van der Waals surface area contributed by atoms with Crippen molar-refractivity contribution >= 4 is 78.0 Å². The van der Waals surface area contributed by atoms with E-state index in [0.29, 0.717) is 27.8 Å². The van der Waals surface area contributed by atoms with Gasteiger partial charge in [-0.05, 0) is 184 Å². The van der Waals surface area contributed by atoms with Gasteiger partial charge in [-0.1, -0.05) is 111 Å². The fourth-order valence-electron chi connectivity index (χ4n) is 12.0. The maximum Gasteiger partial charge on any atom is 0.309 e. The van der Waals surface area contributed by atoms with Gasteiger partial charge in [0.05, 0.1) is 51.5 Å². The molecule has 0 radical (unpaired) electrons. The molecule has 0 bridgehead atoms. The third-order valence-electron chi connectivity index (χ3n) is 21.1. The number of rotatable bonds is 26. The van der Waals surface area contributed by atoms with Crippen LogP contribution in [0.3, 0.4) is 0 Å². The van der Waals surface area contributed by atoms with E-state index in [4.69, 9.17) is 36.6 Å². The number of carbonyl (C=O) groups excluding carboxylic acids is 1. The Morgan fingerprint density at radius 1 is 0.691 bits per heavy atom. The van der Waals surface area contributed by atoms with Gasteiger partial charge in [0.2, 0.25) is 0 Å². The van der Waals surface area contributed by atoms with Crippen molar-refractivity contribution in [3.05, 3.63) is 23.7 Å².